The number of benzene rings is 3. The number of imidazole rings is 1. The molecule has 0 saturated heterocycles. The van der Waals surface area contributed by atoms with Crippen LogP contribution in [0, 0.1) is 0 Å². The van der Waals surface area contributed by atoms with E-state index in [1.165, 1.54) is 5.56 Å². The number of fused-ring (bicyclic) bond motifs is 1. The number of nitrogen functional groups attached to an aromatic ring is 1. The molecule has 0 aliphatic rings. The number of methoxy groups -OCH3 is 1. The number of aryl methyl sites for hydroxylation is 1. The van der Waals surface area contributed by atoms with Crippen molar-refractivity contribution in [2.45, 2.75) is 72.7 Å². The van der Waals surface area contributed by atoms with Gasteiger partial charge in [0.25, 0.3) is 0 Å². The lowest BCUT2D eigenvalue weighted by Gasteiger charge is -2.14. The largest absolute Gasteiger partial charge is 0.473 e. The Kier molecular flexibility index (Phi) is 15.7. The lowest BCUT2D eigenvalue weighted by molar-refractivity contribution is -0.252. The van der Waals surface area contributed by atoms with Crippen LogP contribution in [0.2, 0.25) is 0 Å². The van der Waals surface area contributed by atoms with Crippen molar-refractivity contribution in [3.63, 3.8) is 0 Å². The third-order valence-corrected chi connectivity index (χ3v) is 8.25. The third-order valence-electron chi connectivity index (χ3n) is 8.25. The van der Waals surface area contributed by atoms with Gasteiger partial charge in [-0.25, -0.2) is 19.8 Å². The van der Waals surface area contributed by atoms with Crippen LogP contribution in [0.25, 0.3) is 33.4 Å². The second-order valence-electron chi connectivity index (χ2n) is 12.1. The minimum absolute atomic E-state index is 0.116. The maximum atomic E-state index is 8.73. The van der Waals surface area contributed by atoms with Crippen LogP contribution < -0.4 is 10.5 Å². The molecule has 1 atom stereocenters. The van der Waals surface area contributed by atoms with E-state index in [0.29, 0.717) is 31.3 Å². The highest BCUT2D eigenvalue weighted by Crippen LogP contribution is 2.27. The summed E-state index contributed by atoms with van der Waals surface area (Å²) in [7, 11) is 1.72. The molecule has 0 radical (unpaired) electrons. The Morgan fingerprint density at radius 3 is 2.27 bits per heavy atom. The first-order valence-corrected chi connectivity index (χ1v) is 17.8. The molecule has 0 fully saturated rings. The second kappa shape index (κ2) is 20.7. The number of hydrogen-bond acceptors (Lipinski definition) is 9. The minimum Gasteiger partial charge on any atom is -0.473 e. The molecule has 10 nitrogen and oxygen atoms in total. The fourth-order valence-corrected chi connectivity index (χ4v) is 5.37. The maximum absolute atomic E-state index is 8.73. The van der Waals surface area contributed by atoms with Crippen molar-refractivity contribution in [2.75, 3.05) is 19.5 Å². The molecule has 3 aromatic heterocycles. The Morgan fingerprint density at radius 1 is 0.827 bits per heavy atom. The summed E-state index contributed by atoms with van der Waals surface area (Å²) >= 11 is 0. The van der Waals surface area contributed by atoms with Gasteiger partial charge in [0.05, 0.1) is 22.8 Å². The van der Waals surface area contributed by atoms with Crippen LogP contribution in [0.15, 0.2) is 97.2 Å². The van der Waals surface area contributed by atoms with Crippen LogP contribution in [0.4, 0.5) is 5.82 Å². The number of rotatable bonds is 14. The number of anilines is 1. The predicted molar refractivity (Wildman–Crippen MR) is 208 cm³/mol. The van der Waals surface area contributed by atoms with Gasteiger partial charge in [-0.3, -0.25) is 5.26 Å². The summed E-state index contributed by atoms with van der Waals surface area (Å²) in [5.74, 6) is 1.93. The van der Waals surface area contributed by atoms with E-state index in [0.717, 1.165) is 75.2 Å². The van der Waals surface area contributed by atoms with Crippen LogP contribution >= 0.6 is 0 Å². The zero-order valence-corrected chi connectivity index (χ0v) is 30.8. The monoisotopic (exact) mass is 705 g/mol. The summed E-state index contributed by atoms with van der Waals surface area (Å²) in [6, 6.07) is 30.2. The number of H-pyrrole nitrogens is 1. The van der Waals surface area contributed by atoms with Gasteiger partial charge in [0.2, 0.25) is 5.88 Å². The molecule has 0 bridgehead atoms. The van der Waals surface area contributed by atoms with Gasteiger partial charge in [0.1, 0.15) is 24.9 Å². The number of aromatic nitrogens is 4. The number of ether oxygens (including phenoxy) is 2. The van der Waals surface area contributed by atoms with Crippen molar-refractivity contribution < 1.29 is 24.7 Å². The Balaban J connectivity index is 0.000000797. The summed E-state index contributed by atoms with van der Waals surface area (Å²) in [4.78, 5) is 21.2. The summed E-state index contributed by atoms with van der Waals surface area (Å²) in [5, 5.41) is 17.1. The number of hydrogen-bond donors (Lipinski definition) is 4. The molecule has 0 amide bonds. The number of nitrogens with two attached hydrogens (primary N) is 1. The zero-order valence-electron chi connectivity index (χ0n) is 30.8. The normalized spacial score (nSPS) is 11.3. The fourth-order valence-electron chi connectivity index (χ4n) is 5.37. The molecule has 0 saturated carbocycles. The number of aromatic amines is 1. The Hall–Kier alpha value is -5.13. The molecule has 6 aromatic rings. The van der Waals surface area contributed by atoms with Crippen molar-refractivity contribution >= 4 is 16.9 Å². The van der Waals surface area contributed by atoms with Gasteiger partial charge in [-0.2, -0.15) is 0 Å². The lowest BCUT2D eigenvalue weighted by Crippen LogP contribution is -2.03. The first kappa shape index (κ1) is 39.7. The van der Waals surface area contributed by atoms with E-state index >= 15 is 0 Å². The molecule has 274 valence electrons. The van der Waals surface area contributed by atoms with Gasteiger partial charge in [-0.15, -0.1) is 0 Å². The van der Waals surface area contributed by atoms with Crippen molar-refractivity contribution in [1.82, 2.24) is 19.9 Å². The Bertz CT molecular complexity index is 1960. The third kappa shape index (κ3) is 11.7. The average Bonchev–Trinajstić information content (AvgIpc) is 3.57. The van der Waals surface area contributed by atoms with Gasteiger partial charge < -0.3 is 25.3 Å². The van der Waals surface area contributed by atoms with Crippen LogP contribution in [0.1, 0.15) is 68.6 Å². The standard InChI is InChI=1S/C36H35N5O4.C4H10O.C2H6/c1-43-17-3-4-27-20-28(29-15-16-38-34(37)21-29)12-13-30(27)23-44-36-6-2-5-31(41-36)26-10-7-24(8-11-26)19-35-39-32-14-9-25(22-45-42)18-33(32)40-35;1-3-4(2)5;1-2/h2,5-16,18,20-21,42H,3-4,17,19,22-23H2,1H3,(H2,37,38)(H,39,40);4-5H,3H2,1-2H3;1-2H3. The molecule has 1 unspecified atom stereocenters. The number of pyridine rings is 2. The molecule has 0 spiro atoms. The molecule has 3 heterocycles. The smallest absolute Gasteiger partial charge is 0.214 e. The van der Waals surface area contributed by atoms with Crippen LogP contribution in [0.5, 0.6) is 5.88 Å². The molecule has 5 N–H and O–H groups in total. The van der Waals surface area contributed by atoms with E-state index in [-0.39, 0.29) is 12.7 Å². The summed E-state index contributed by atoms with van der Waals surface area (Å²) in [6.45, 7) is 8.96. The molecular weight excluding hydrogens is 654 g/mol. The summed E-state index contributed by atoms with van der Waals surface area (Å²) in [5.41, 5.74) is 16.0. The Labute approximate surface area is 306 Å². The molecule has 0 aliphatic carbocycles. The van der Waals surface area contributed by atoms with E-state index in [4.69, 9.17) is 35.5 Å². The quantitative estimate of drug-likeness (QED) is 0.0496. The van der Waals surface area contributed by atoms with Gasteiger partial charge in [-0.05, 0) is 89.9 Å². The summed E-state index contributed by atoms with van der Waals surface area (Å²) in [6.07, 6.45) is 4.92. The first-order valence-electron chi connectivity index (χ1n) is 17.8. The van der Waals surface area contributed by atoms with Gasteiger partial charge >= 0.3 is 0 Å². The van der Waals surface area contributed by atoms with Gasteiger partial charge in [0.15, 0.2) is 0 Å². The fraction of sp³-hybridized carbons (Fsp3) is 0.310. The van der Waals surface area contributed by atoms with E-state index in [9.17, 15) is 0 Å². The predicted octanol–water partition coefficient (Wildman–Crippen LogP) is 8.81. The molecule has 3 aromatic carbocycles. The number of nitrogens with zero attached hydrogens (tertiary/aromatic N) is 3. The van der Waals surface area contributed by atoms with E-state index in [1.54, 1.807) is 20.2 Å². The Morgan fingerprint density at radius 2 is 1.56 bits per heavy atom. The summed E-state index contributed by atoms with van der Waals surface area (Å²) < 4.78 is 11.5. The highest BCUT2D eigenvalue weighted by atomic mass is 17.1. The lowest BCUT2D eigenvalue weighted by atomic mass is 9.97. The maximum Gasteiger partial charge on any atom is 0.214 e. The minimum atomic E-state index is -0.116. The molecule has 10 heteroatoms. The number of aliphatic hydroxyl groups is 1. The van der Waals surface area contributed by atoms with Gasteiger partial charge in [-0.1, -0.05) is 75.4 Å². The molecule has 6 rings (SSSR count). The average molecular weight is 706 g/mol. The second-order valence-corrected chi connectivity index (χ2v) is 12.1. The van der Waals surface area contributed by atoms with E-state index < -0.39 is 0 Å². The van der Waals surface area contributed by atoms with Crippen LogP contribution in [0.3, 0.4) is 0 Å². The van der Waals surface area contributed by atoms with E-state index in [1.807, 2.05) is 69.3 Å². The molecule has 0 aliphatic heterocycles. The van der Waals surface area contributed by atoms with Crippen molar-refractivity contribution in [3.05, 3.63) is 125 Å². The van der Waals surface area contributed by atoms with E-state index in [2.05, 4.69) is 57.3 Å². The SMILES string of the molecule is CC.CCC(C)O.COCCCc1cc(-c2ccnc(N)c2)ccc1COc1cccc(-c2ccc(Cc3nc4ccc(COO)cc4[nH]3)cc2)n1. The highest BCUT2D eigenvalue weighted by Gasteiger charge is 2.10. The number of aliphatic hydroxyl groups excluding tert-OH is 1. The first-order chi connectivity index (χ1) is 25.3. The van der Waals surface area contributed by atoms with Crippen molar-refractivity contribution in [2.24, 2.45) is 0 Å². The van der Waals surface area contributed by atoms with Gasteiger partial charge in [0, 0.05) is 38.0 Å². The highest BCUT2D eigenvalue weighted by molar-refractivity contribution is 5.76. The van der Waals surface area contributed by atoms with Crippen molar-refractivity contribution in [1.29, 1.82) is 0 Å². The zero-order chi connectivity index (χ0) is 37.3. The molecular formula is C42H51N5O5. The topological polar surface area (TPSA) is 149 Å². The number of nitrogens with one attached hydrogen (secondary N) is 1. The molecule has 52 heavy (non-hydrogen) atoms. The van der Waals surface area contributed by atoms with Crippen molar-refractivity contribution in [3.8, 4) is 28.3 Å². The van der Waals surface area contributed by atoms with Crippen LogP contribution in [-0.2, 0) is 35.7 Å². The van der Waals surface area contributed by atoms with Crippen LogP contribution in [-0.4, -0.2) is 50.1 Å².